The summed E-state index contributed by atoms with van der Waals surface area (Å²) in [5.41, 5.74) is 1.70. The lowest BCUT2D eigenvalue weighted by molar-refractivity contribution is -0.116. The third kappa shape index (κ3) is 5.29. The molecule has 0 unspecified atom stereocenters. The van der Waals surface area contributed by atoms with Gasteiger partial charge in [-0.3, -0.25) is 9.69 Å². The highest BCUT2D eigenvalue weighted by molar-refractivity contribution is 5.90. The molecule has 132 valence electrons. The fourth-order valence-corrected chi connectivity index (χ4v) is 2.83. The summed E-state index contributed by atoms with van der Waals surface area (Å²) in [6.07, 6.45) is 2.76. The molecule has 4 nitrogen and oxygen atoms in total. The third-order valence-electron chi connectivity index (χ3n) is 4.34. The van der Waals surface area contributed by atoms with Crippen LogP contribution in [-0.4, -0.2) is 30.5 Å². The van der Waals surface area contributed by atoms with Crippen molar-refractivity contribution in [3.63, 3.8) is 0 Å². The van der Waals surface area contributed by atoms with Crippen molar-refractivity contribution in [1.29, 1.82) is 0 Å². The van der Waals surface area contributed by atoms with Crippen LogP contribution in [0.15, 0.2) is 48.5 Å². The summed E-state index contributed by atoms with van der Waals surface area (Å²) < 4.78 is 18.4. The van der Waals surface area contributed by atoms with Gasteiger partial charge in [0.2, 0.25) is 5.91 Å². The molecule has 0 heterocycles. The number of carbonyl (C=O) groups is 1. The van der Waals surface area contributed by atoms with Crippen LogP contribution in [0.1, 0.15) is 24.8 Å². The summed E-state index contributed by atoms with van der Waals surface area (Å²) in [5, 5.41) is 2.75. The smallest absolute Gasteiger partial charge is 0.225 e. The van der Waals surface area contributed by atoms with E-state index in [1.54, 1.807) is 19.2 Å². The minimum Gasteiger partial charge on any atom is -0.497 e. The number of hydrogen-bond acceptors (Lipinski definition) is 3. The molecule has 1 fully saturated rings. The van der Waals surface area contributed by atoms with Crippen molar-refractivity contribution in [2.24, 2.45) is 0 Å². The first-order chi connectivity index (χ1) is 12.1. The van der Waals surface area contributed by atoms with Crippen LogP contribution in [0, 0.1) is 5.82 Å². The number of nitrogens with zero attached hydrogens (tertiary/aromatic N) is 1. The van der Waals surface area contributed by atoms with E-state index in [4.69, 9.17) is 4.74 Å². The quantitative estimate of drug-likeness (QED) is 0.793. The molecule has 0 saturated heterocycles. The van der Waals surface area contributed by atoms with Crippen LogP contribution < -0.4 is 10.1 Å². The molecule has 0 aromatic heterocycles. The summed E-state index contributed by atoms with van der Waals surface area (Å²) in [6, 6.07) is 14.6. The van der Waals surface area contributed by atoms with E-state index in [2.05, 4.69) is 22.3 Å². The topological polar surface area (TPSA) is 41.6 Å². The van der Waals surface area contributed by atoms with E-state index in [0.717, 1.165) is 12.3 Å². The Balaban J connectivity index is 1.52. The second-order valence-electron chi connectivity index (χ2n) is 6.36. The van der Waals surface area contributed by atoms with E-state index >= 15 is 0 Å². The molecule has 0 atom stereocenters. The zero-order valence-corrected chi connectivity index (χ0v) is 14.4. The molecule has 0 aliphatic heterocycles. The molecule has 1 N–H and O–H groups in total. The largest absolute Gasteiger partial charge is 0.497 e. The highest BCUT2D eigenvalue weighted by atomic mass is 19.1. The average Bonchev–Trinajstić information content (AvgIpc) is 3.44. The van der Waals surface area contributed by atoms with E-state index < -0.39 is 0 Å². The van der Waals surface area contributed by atoms with E-state index in [0.29, 0.717) is 24.7 Å². The van der Waals surface area contributed by atoms with E-state index in [-0.39, 0.29) is 11.7 Å². The maximum Gasteiger partial charge on any atom is 0.225 e. The van der Waals surface area contributed by atoms with E-state index in [1.807, 2.05) is 12.1 Å². The second-order valence-corrected chi connectivity index (χ2v) is 6.36. The molecule has 2 aromatic carbocycles. The van der Waals surface area contributed by atoms with Gasteiger partial charge in [-0.2, -0.15) is 0 Å². The number of ether oxygens (including phenoxy) is 1. The number of methoxy groups -OCH3 is 1. The number of halogens is 1. The molecular weight excluding hydrogens is 319 g/mol. The number of amides is 1. The molecular formula is C20H23FN2O2. The van der Waals surface area contributed by atoms with Crippen LogP contribution in [0.3, 0.4) is 0 Å². The first-order valence-corrected chi connectivity index (χ1v) is 8.56. The van der Waals surface area contributed by atoms with Gasteiger partial charge in [-0.05, 0) is 48.7 Å². The molecule has 0 bridgehead atoms. The maximum atomic E-state index is 13.2. The number of rotatable bonds is 8. The van der Waals surface area contributed by atoms with Gasteiger partial charge in [0, 0.05) is 31.2 Å². The Morgan fingerprint density at radius 2 is 2.00 bits per heavy atom. The third-order valence-corrected chi connectivity index (χ3v) is 4.34. The molecule has 1 amide bonds. The van der Waals surface area contributed by atoms with Crippen molar-refractivity contribution in [3.8, 4) is 5.75 Å². The molecule has 1 aliphatic rings. The standard InChI is InChI=1S/C20H23FN2O2/c1-25-19-9-5-15(6-10-19)14-23(18-7-8-18)12-11-20(24)22-17-4-2-3-16(21)13-17/h2-6,9-10,13,18H,7-8,11-12,14H2,1H3,(H,22,24). The molecule has 1 saturated carbocycles. The number of anilines is 1. The van der Waals surface area contributed by atoms with Crippen molar-refractivity contribution in [1.82, 2.24) is 4.90 Å². The Hall–Kier alpha value is -2.40. The summed E-state index contributed by atoms with van der Waals surface area (Å²) in [4.78, 5) is 14.5. The van der Waals surface area contributed by atoms with Crippen LogP contribution in [0.5, 0.6) is 5.75 Å². The normalized spacial score (nSPS) is 13.7. The molecule has 25 heavy (non-hydrogen) atoms. The van der Waals surface area contributed by atoms with Crippen molar-refractivity contribution >= 4 is 11.6 Å². The first kappa shape index (κ1) is 17.4. The Kier molecular flexibility index (Phi) is 5.66. The van der Waals surface area contributed by atoms with Crippen molar-refractivity contribution < 1.29 is 13.9 Å². The fourth-order valence-electron chi connectivity index (χ4n) is 2.83. The highest BCUT2D eigenvalue weighted by Crippen LogP contribution is 2.28. The number of hydrogen-bond donors (Lipinski definition) is 1. The van der Waals surface area contributed by atoms with Gasteiger partial charge in [-0.15, -0.1) is 0 Å². The fraction of sp³-hybridized carbons (Fsp3) is 0.350. The van der Waals surface area contributed by atoms with Crippen molar-refractivity contribution in [2.45, 2.75) is 31.8 Å². The van der Waals surface area contributed by atoms with Crippen LogP contribution >= 0.6 is 0 Å². The van der Waals surface area contributed by atoms with E-state index in [9.17, 15) is 9.18 Å². The molecule has 3 rings (SSSR count). The van der Waals surface area contributed by atoms with Gasteiger partial charge in [-0.25, -0.2) is 4.39 Å². The lowest BCUT2D eigenvalue weighted by atomic mass is 10.2. The number of nitrogens with one attached hydrogen (secondary N) is 1. The number of carbonyl (C=O) groups excluding carboxylic acids is 1. The lowest BCUT2D eigenvalue weighted by Crippen LogP contribution is -2.29. The number of benzene rings is 2. The molecule has 0 spiro atoms. The zero-order chi connectivity index (χ0) is 17.6. The maximum absolute atomic E-state index is 13.2. The van der Waals surface area contributed by atoms with Crippen molar-refractivity contribution in [2.75, 3.05) is 19.0 Å². The van der Waals surface area contributed by atoms with Crippen LogP contribution in [0.2, 0.25) is 0 Å². The molecule has 0 radical (unpaired) electrons. The van der Waals surface area contributed by atoms with Crippen LogP contribution in [-0.2, 0) is 11.3 Å². The Morgan fingerprint density at radius 1 is 1.24 bits per heavy atom. The monoisotopic (exact) mass is 342 g/mol. The van der Waals surface area contributed by atoms with Gasteiger partial charge in [0.15, 0.2) is 0 Å². The van der Waals surface area contributed by atoms with E-state index in [1.165, 1.54) is 30.5 Å². The zero-order valence-electron chi connectivity index (χ0n) is 14.4. The van der Waals surface area contributed by atoms with Gasteiger partial charge in [0.1, 0.15) is 11.6 Å². The Labute approximate surface area is 147 Å². The summed E-state index contributed by atoms with van der Waals surface area (Å²) in [5.74, 6) is 0.402. The molecule has 2 aromatic rings. The molecule has 5 heteroatoms. The first-order valence-electron chi connectivity index (χ1n) is 8.56. The lowest BCUT2D eigenvalue weighted by Gasteiger charge is -2.22. The predicted octanol–water partition coefficient (Wildman–Crippen LogP) is 3.83. The second kappa shape index (κ2) is 8.12. The van der Waals surface area contributed by atoms with Crippen LogP contribution in [0.4, 0.5) is 10.1 Å². The average molecular weight is 342 g/mol. The Morgan fingerprint density at radius 3 is 2.64 bits per heavy atom. The van der Waals surface area contributed by atoms with Gasteiger partial charge in [0.25, 0.3) is 0 Å². The minimum absolute atomic E-state index is 0.0917. The predicted molar refractivity (Wildman–Crippen MR) is 96.1 cm³/mol. The van der Waals surface area contributed by atoms with Crippen LogP contribution in [0.25, 0.3) is 0 Å². The van der Waals surface area contributed by atoms with Gasteiger partial charge in [0.05, 0.1) is 7.11 Å². The van der Waals surface area contributed by atoms with Gasteiger partial charge >= 0.3 is 0 Å². The SMILES string of the molecule is COc1ccc(CN(CCC(=O)Nc2cccc(F)c2)C2CC2)cc1. The summed E-state index contributed by atoms with van der Waals surface area (Å²) >= 11 is 0. The van der Waals surface area contributed by atoms with Gasteiger partial charge in [-0.1, -0.05) is 18.2 Å². The Bertz CT molecular complexity index is 714. The van der Waals surface area contributed by atoms with Gasteiger partial charge < -0.3 is 10.1 Å². The minimum atomic E-state index is -0.350. The molecule has 1 aliphatic carbocycles. The highest BCUT2D eigenvalue weighted by Gasteiger charge is 2.29. The van der Waals surface area contributed by atoms with Crippen molar-refractivity contribution in [3.05, 3.63) is 59.9 Å². The summed E-state index contributed by atoms with van der Waals surface area (Å²) in [7, 11) is 1.66. The summed E-state index contributed by atoms with van der Waals surface area (Å²) in [6.45, 7) is 1.51.